The van der Waals surface area contributed by atoms with Gasteiger partial charge in [0.1, 0.15) is 5.82 Å². The first-order chi connectivity index (χ1) is 8.26. The quantitative estimate of drug-likeness (QED) is 0.783. The maximum Gasteiger partial charge on any atom is 0.229 e. The molecule has 1 aromatic carbocycles. The number of thioether (sulfide) groups is 1. The summed E-state index contributed by atoms with van der Waals surface area (Å²) in [5.74, 6) is -0.109. The molecule has 0 amide bonds. The van der Waals surface area contributed by atoms with E-state index in [9.17, 15) is 4.39 Å². The molecule has 0 bridgehead atoms. The highest BCUT2D eigenvalue weighted by Crippen LogP contribution is 2.23. The van der Waals surface area contributed by atoms with Crippen LogP contribution in [0.25, 0.3) is 11.4 Å². The van der Waals surface area contributed by atoms with Crippen molar-refractivity contribution in [2.75, 3.05) is 6.26 Å². The SMILES string of the molecule is CCc1cccc(F)c1-c1nnc(SC)nn1. The fourth-order valence-electron chi connectivity index (χ4n) is 1.52. The van der Waals surface area contributed by atoms with Crippen LogP contribution in [-0.4, -0.2) is 26.7 Å². The molecule has 2 aromatic rings. The van der Waals surface area contributed by atoms with Gasteiger partial charge in [0.05, 0.1) is 5.56 Å². The molecule has 0 spiro atoms. The van der Waals surface area contributed by atoms with Gasteiger partial charge in [-0.05, 0) is 24.3 Å². The molecule has 2 rings (SSSR count). The topological polar surface area (TPSA) is 51.6 Å². The Morgan fingerprint density at radius 1 is 1.18 bits per heavy atom. The van der Waals surface area contributed by atoms with Crippen LogP contribution >= 0.6 is 11.8 Å². The molecule has 4 nitrogen and oxygen atoms in total. The van der Waals surface area contributed by atoms with Gasteiger partial charge in [-0.25, -0.2) is 4.39 Å². The predicted molar refractivity (Wildman–Crippen MR) is 64.2 cm³/mol. The number of rotatable bonds is 3. The van der Waals surface area contributed by atoms with Crippen LogP contribution in [0.2, 0.25) is 0 Å². The molecule has 0 aliphatic carbocycles. The van der Waals surface area contributed by atoms with Crippen LogP contribution in [0.4, 0.5) is 4.39 Å². The average Bonchev–Trinajstić information content (AvgIpc) is 2.38. The summed E-state index contributed by atoms with van der Waals surface area (Å²) >= 11 is 1.35. The Morgan fingerprint density at radius 3 is 2.47 bits per heavy atom. The second-order valence-corrected chi connectivity index (χ2v) is 4.11. The number of nitrogens with zero attached hydrogens (tertiary/aromatic N) is 4. The highest BCUT2D eigenvalue weighted by atomic mass is 32.2. The van der Waals surface area contributed by atoms with E-state index in [0.717, 1.165) is 5.56 Å². The lowest BCUT2D eigenvalue weighted by Crippen LogP contribution is -2.02. The molecule has 0 atom stereocenters. The van der Waals surface area contributed by atoms with Gasteiger partial charge in [-0.3, -0.25) is 0 Å². The normalized spacial score (nSPS) is 10.5. The average molecular weight is 250 g/mol. The lowest BCUT2D eigenvalue weighted by atomic mass is 10.0. The minimum Gasteiger partial charge on any atom is -0.206 e. The van der Waals surface area contributed by atoms with Crippen molar-refractivity contribution in [2.45, 2.75) is 18.5 Å². The number of hydrogen-bond donors (Lipinski definition) is 0. The molecule has 0 aliphatic heterocycles. The van der Waals surface area contributed by atoms with Crippen LogP contribution in [-0.2, 0) is 6.42 Å². The fourth-order valence-corrected chi connectivity index (χ4v) is 1.76. The summed E-state index contributed by atoms with van der Waals surface area (Å²) in [7, 11) is 0. The molecular formula is C11H11FN4S. The summed E-state index contributed by atoms with van der Waals surface area (Å²) in [5, 5.41) is 16.0. The maximum atomic E-state index is 13.8. The van der Waals surface area contributed by atoms with E-state index in [4.69, 9.17) is 0 Å². The van der Waals surface area contributed by atoms with E-state index in [-0.39, 0.29) is 11.6 Å². The van der Waals surface area contributed by atoms with E-state index >= 15 is 0 Å². The molecular weight excluding hydrogens is 239 g/mol. The third-order valence-electron chi connectivity index (χ3n) is 2.35. The first kappa shape index (κ1) is 11.9. The molecule has 0 unspecified atom stereocenters. The largest absolute Gasteiger partial charge is 0.229 e. The van der Waals surface area contributed by atoms with E-state index in [2.05, 4.69) is 20.4 Å². The number of hydrogen-bond acceptors (Lipinski definition) is 5. The first-order valence-corrected chi connectivity index (χ1v) is 6.38. The van der Waals surface area contributed by atoms with E-state index in [1.54, 1.807) is 6.07 Å². The minimum atomic E-state index is -0.343. The van der Waals surface area contributed by atoms with Gasteiger partial charge in [0.2, 0.25) is 11.0 Å². The Hall–Kier alpha value is -1.56. The smallest absolute Gasteiger partial charge is 0.206 e. The summed E-state index contributed by atoms with van der Waals surface area (Å²) in [6.45, 7) is 1.95. The molecule has 0 fully saturated rings. The van der Waals surface area contributed by atoms with Gasteiger partial charge >= 0.3 is 0 Å². The second kappa shape index (κ2) is 5.18. The Bertz CT molecular complexity index is 515. The van der Waals surface area contributed by atoms with Crippen molar-refractivity contribution in [2.24, 2.45) is 0 Å². The third kappa shape index (κ3) is 2.41. The third-order valence-corrected chi connectivity index (χ3v) is 2.88. The van der Waals surface area contributed by atoms with Crippen LogP contribution in [0.15, 0.2) is 23.4 Å². The highest BCUT2D eigenvalue weighted by Gasteiger charge is 2.13. The Morgan fingerprint density at radius 2 is 1.88 bits per heavy atom. The van der Waals surface area contributed by atoms with Gasteiger partial charge in [-0.2, -0.15) is 0 Å². The summed E-state index contributed by atoms with van der Waals surface area (Å²) in [6.07, 6.45) is 2.54. The standard InChI is InChI=1S/C11H11FN4S/c1-3-7-5-4-6-8(12)9(7)10-13-15-11(17-2)16-14-10/h4-6H,3H2,1-2H3. The molecule has 88 valence electrons. The van der Waals surface area contributed by atoms with Crippen LogP contribution in [0.5, 0.6) is 0 Å². The zero-order valence-corrected chi connectivity index (χ0v) is 10.3. The molecule has 0 aliphatic rings. The van der Waals surface area contributed by atoms with Crippen molar-refractivity contribution in [3.05, 3.63) is 29.6 Å². The number of halogens is 1. The second-order valence-electron chi connectivity index (χ2n) is 3.34. The van der Waals surface area contributed by atoms with Crippen LogP contribution in [0, 0.1) is 5.82 Å². The van der Waals surface area contributed by atoms with Gasteiger partial charge in [-0.1, -0.05) is 30.8 Å². The van der Waals surface area contributed by atoms with Gasteiger partial charge in [0.25, 0.3) is 0 Å². The van der Waals surface area contributed by atoms with Gasteiger partial charge in [0, 0.05) is 0 Å². The van der Waals surface area contributed by atoms with Crippen LogP contribution in [0.3, 0.4) is 0 Å². The lowest BCUT2D eigenvalue weighted by molar-refractivity contribution is 0.624. The van der Waals surface area contributed by atoms with Crippen molar-refractivity contribution in [1.29, 1.82) is 0 Å². The zero-order chi connectivity index (χ0) is 12.3. The van der Waals surface area contributed by atoms with Crippen LogP contribution in [0.1, 0.15) is 12.5 Å². The highest BCUT2D eigenvalue weighted by molar-refractivity contribution is 7.98. The molecule has 6 heteroatoms. The Balaban J connectivity index is 2.51. The maximum absolute atomic E-state index is 13.8. The zero-order valence-electron chi connectivity index (χ0n) is 9.51. The number of aromatic nitrogens is 4. The molecule has 0 N–H and O–H groups in total. The predicted octanol–water partition coefficient (Wildman–Crippen LogP) is 2.36. The van der Waals surface area contributed by atoms with E-state index in [1.165, 1.54) is 17.8 Å². The monoisotopic (exact) mass is 250 g/mol. The van der Waals surface area contributed by atoms with E-state index in [1.807, 2.05) is 19.2 Å². The van der Waals surface area contributed by atoms with Crippen molar-refractivity contribution in [3.63, 3.8) is 0 Å². The molecule has 0 radical (unpaired) electrons. The van der Waals surface area contributed by atoms with E-state index < -0.39 is 0 Å². The van der Waals surface area contributed by atoms with Gasteiger partial charge in [0.15, 0.2) is 0 Å². The van der Waals surface area contributed by atoms with Crippen molar-refractivity contribution < 1.29 is 4.39 Å². The molecule has 0 saturated carbocycles. The number of benzene rings is 1. The van der Waals surface area contributed by atoms with Crippen molar-refractivity contribution in [3.8, 4) is 11.4 Å². The molecule has 1 aromatic heterocycles. The molecule has 17 heavy (non-hydrogen) atoms. The minimum absolute atomic E-state index is 0.234. The lowest BCUT2D eigenvalue weighted by Gasteiger charge is -2.06. The first-order valence-electron chi connectivity index (χ1n) is 5.15. The van der Waals surface area contributed by atoms with Crippen molar-refractivity contribution in [1.82, 2.24) is 20.4 Å². The van der Waals surface area contributed by atoms with Gasteiger partial charge in [-0.15, -0.1) is 20.4 Å². The van der Waals surface area contributed by atoms with Gasteiger partial charge < -0.3 is 0 Å². The Kier molecular flexibility index (Phi) is 3.63. The van der Waals surface area contributed by atoms with Crippen LogP contribution < -0.4 is 0 Å². The van der Waals surface area contributed by atoms with Crippen molar-refractivity contribution >= 4 is 11.8 Å². The molecule has 0 saturated heterocycles. The summed E-state index contributed by atoms with van der Waals surface area (Å²) in [4.78, 5) is 0. The number of aryl methyl sites for hydroxylation is 1. The van der Waals surface area contributed by atoms with E-state index in [0.29, 0.717) is 17.1 Å². The summed E-state index contributed by atoms with van der Waals surface area (Å²) in [5.41, 5.74) is 1.24. The molecule has 1 heterocycles. The Labute approximate surface area is 103 Å². The summed E-state index contributed by atoms with van der Waals surface area (Å²) in [6, 6.07) is 4.92. The fraction of sp³-hybridized carbons (Fsp3) is 0.273. The summed E-state index contributed by atoms with van der Waals surface area (Å²) < 4.78 is 13.8.